The molecule has 5 rings (SSSR count). The van der Waals surface area contributed by atoms with E-state index in [1.165, 1.54) is 16.9 Å². The van der Waals surface area contributed by atoms with E-state index in [1.54, 1.807) is 67.8 Å². The normalized spacial score (nSPS) is 14.6. The van der Waals surface area contributed by atoms with Crippen LogP contribution in [0.1, 0.15) is 48.4 Å². The van der Waals surface area contributed by atoms with Crippen molar-refractivity contribution in [2.45, 2.75) is 48.4 Å². The molecular weight excluding hydrogens is 595 g/mol. The Labute approximate surface area is 262 Å². The predicted molar refractivity (Wildman–Crippen MR) is 172 cm³/mol. The number of anilines is 2. The first-order chi connectivity index (χ1) is 21.4. The third-order valence-corrected chi connectivity index (χ3v) is 9.99. The molecule has 1 aliphatic carbocycles. The van der Waals surface area contributed by atoms with Crippen LogP contribution in [0.4, 0.5) is 16.2 Å². The Morgan fingerprint density at radius 3 is 2.40 bits per heavy atom. The number of hydrogen-bond donors (Lipinski definition) is 4. The molecule has 1 saturated carbocycles. The van der Waals surface area contributed by atoms with E-state index < -0.39 is 27.9 Å². The number of H-pyrrole nitrogens is 1. The lowest BCUT2D eigenvalue weighted by atomic mass is 9.98. The quantitative estimate of drug-likeness (QED) is 0.165. The highest BCUT2D eigenvalue weighted by Crippen LogP contribution is 2.36. The number of benzene rings is 3. The standard InChI is InChI=1S/C32H33BN4O7S/c1-19(18-44-32(41)36-24-9-12-28(23(15-24)17-37(2)33)45(42,43)26-10-11-26)20-3-5-22(6-4-20)29(31(39)40)35-25-8-7-21-13-14-34-30(38)27(21)16-25/h3-9,12-16,19,26,29,35H,10-11,17-18H2,1-2H3,(H,34,38)(H,36,41)(H,39,40)/t19-,29?/m0/s1. The summed E-state index contributed by atoms with van der Waals surface area (Å²) in [6.07, 6.45) is 2.13. The van der Waals surface area contributed by atoms with Gasteiger partial charge in [0.25, 0.3) is 5.56 Å². The molecule has 3 aromatic carbocycles. The molecule has 4 N–H and O–H groups in total. The molecule has 0 saturated heterocycles. The average Bonchev–Trinajstić information content (AvgIpc) is 3.85. The smallest absolute Gasteiger partial charge is 0.411 e. The zero-order valence-corrected chi connectivity index (χ0v) is 25.6. The number of ether oxygens (including phenoxy) is 1. The van der Waals surface area contributed by atoms with Gasteiger partial charge in [-0.3, -0.25) is 10.1 Å². The van der Waals surface area contributed by atoms with Gasteiger partial charge in [0.05, 0.1) is 16.8 Å². The number of carbonyl (C=O) groups excluding carboxylic acids is 1. The van der Waals surface area contributed by atoms with E-state index in [9.17, 15) is 27.9 Å². The van der Waals surface area contributed by atoms with Gasteiger partial charge < -0.3 is 25.0 Å². The van der Waals surface area contributed by atoms with Crippen LogP contribution in [0, 0.1) is 0 Å². The van der Waals surface area contributed by atoms with Crippen molar-refractivity contribution in [2.24, 2.45) is 0 Å². The molecule has 1 aliphatic rings. The maximum absolute atomic E-state index is 12.9. The second kappa shape index (κ2) is 13.2. The summed E-state index contributed by atoms with van der Waals surface area (Å²) in [6, 6.07) is 17.3. The van der Waals surface area contributed by atoms with Gasteiger partial charge in [0.1, 0.15) is 0 Å². The Hall–Kier alpha value is -4.62. The van der Waals surface area contributed by atoms with E-state index in [1.807, 2.05) is 6.92 Å². The van der Waals surface area contributed by atoms with E-state index in [0.29, 0.717) is 40.7 Å². The van der Waals surface area contributed by atoms with Crippen molar-refractivity contribution in [3.05, 3.63) is 100.0 Å². The van der Waals surface area contributed by atoms with E-state index in [2.05, 4.69) is 15.6 Å². The average molecular weight is 629 g/mol. The van der Waals surface area contributed by atoms with E-state index in [4.69, 9.17) is 12.7 Å². The molecule has 13 heteroatoms. The van der Waals surface area contributed by atoms with Crippen LogP contribution in [0.2, 0.25) is 0 Å². The molecule has 0 aliphatic heterocycles. The Balaban J connectivity index is 1.20. The number of aliphatic carboxylic acids is 1. The predicted octanol–water partition coefficient (Wildman–Crippen LogP) is 4.57. The van der Waals surface area contributed by atoms with E-state index in [0.717, 1.165) is 10.9 Å². The Kier molecular flexibility index (Phi) is 9.30. The van der Waals surface area contributed by atoms with Crippen LogP contribution in [0.3, 0.4) is 0 Å². The number of fused-ring (bicyclic) bond motifs is 1. The molecule has 1 aromatic heterocycles. The van der Waals surface area contributed by atoms with Crippen molar-refractivity contribution in [3.63, 3.8) is 0 Å². The molecule has 2 radical (unpaired) electrons. The van der Waals surface area contributed by atoms with E-state index >= 15 is 0 Å². The van der Waals surface area contributed by atoms with Crippen molar-refractivity contribution in [2.75, 3.05) is 24.3 Å². The minimum atomic E-state index is -3.45. The summed E-state index contributed by atoms with van der Waals surface area (Å²) in [5.74, 6) is -1.29. The maximum atomic E-state index is 12.9. The third kappa shape index (κ3) is 7.55. The van der Waals surface area contributed by atoms with Gasteiger partial charge >= 0.3 is 12.1 Å². The van der Waals surface area contributed by atoms with Crippen LogP contribution < -0.4 is 16.2 Å². The summed E-state index contributed by atoms with van der Waals surface area (Å²) < 4.78 is 31.1. The SMILES string of the molecule is [B]N(C)Cc1cc(NC(=O)OC[C@H](C)c2ccc(C(Nc3ccc4cc[nH]c(=O)c4c3)C(=O)O)cc2)ccc1S(=O)(=O)C1CC1. The number of nitrogens with zero attached hydrogens (tertiary/aromatic N) is 1. The molecule has 1 fully saturated rings. The van der Waals surface area contributed by atoms with Crippen LogP contribution in [0.5, 0.6) is 0 Å². The van der Waals surface area contributed by atoms with Crippen LogP contribution in [-0.4, -0.2) is 62.3 Å². The Morgan fingerprint density at radius 1 is 1.04 bits per heavy atom. The number of hydrogen-bond acceptors (Lipinski definition) is 8. The second-order valence-corrected chi connectivity index (χ2v) is 13.5. The number of amides is 1. The number of carboxylic acids is 1. The van der Waals surface area contributed by atoms with Crippen molar-refractivity contribution in [1.82, 2.24) is 9.79 Å². The first kappa shape index (κ1) is 31.8. The summed E-state index contributed by atoms with van der Waals surface area (Å²) in [7, 11) is 3.97. The first-order valence-corrected chi connectivity index (χ1v) is 15.9. The first-order valence-electron chi connectivity index (χ1n) is 14.4. The van der Waals surface area contributed by atoms with Gasteiger partial charge in [-0.05, 0) is 78.4 Å². The molecule has 232 valence electrons. The highest BCUT2D eigenvalue weighted by Gasteiger charge is 2.38. The number of sulfone groups is 1. The molecular formula is C32H33BN4O7S. The van der Waals surface area contributed by atoms with Crippen molar-refractivity contribution in [1.29, 1.82) is 0 Å². The summed E-state index contributed by atoms with van der Waals surface area (Å²) >= 11 is 0. The number of nitrogens with one attached hydrogen (secondary N) is 3. The number of pyridine rings is 1. The van der Waals surface area contributed by atoms with Gasteiger partial charge in [-0.25, -0.2) is 18.0 Å². The molecule has 1 amide bonds. The zero-order valence-electron chi connectivity index (χ0n) is 24.8. The molecule has 1 heterocycles. The summed E-state index contributed by atoms with van der Waals surface area (Å²) in [6.45, 7) is 2.09. The van der Waals surface area contributed by atoms with Gasteiger partial charge in [-0.1, -0.05) is 37.3 Å². The largest absolute Gasteiger partial charge is 0.479 e. The Bertz CT molecular complexity index is 1890. The number of aromatic nitrogens is 1. The van der Waals surface area contributed by atoms with Crippen LogP contribution in [0.25, 0.3) is 10.8 Å². The monoisotopic (exact) mass is 628 g/mol. The second-order valence-electron chi connectivity index (χ2n) is 11.3. The topological polar surface area (TPSA) is 158 Å². The minimum Gasteiger partial charge on any atom is -0.479 e. The van der Waals surface area contributed by atoms with Gasteiger partial charge in [-0.15, -0.1) is 0 Å². The number of carbonyl (C=O) groups is 2. The molecule has 2 atom stereocenters. The lowest BCUT2D eigenvalue weighted by molar-refractivity contribution is -0.138. The van der Waals surface area contributed by atoms with Crippen molar-refractivity contribution >= 4 is 52.0 Å². The molecule has 1 unspecified atom stereocenters. The molecule has 0 spiro atoms. The highest BCUT2D eigenvalue weighted by atomic mass is 32.2. The van der Waals surface area contributed by atoms with Crippen LogP contribution in [-0.2, 0) is 25.9 Å². The van der Waals surface area contributed by atoms with E-state index in [-0.39, 0.29) is 34.8 Å². The molecule has 11 nitrogen and oxygen atoms in total. The Morgan fingerprint density at radius 2 is 1.73 bits per heavy atom. The number of carboxylic acid groups (broad SMARTS) is 1. The summed E-state index contributed by atoms with van der Waals surface area (Å²) in [5, 5.41) is 16.4. The van der Waals surface area contributed by atoms with Crippen LogP contribution >= 0.6 is 0 Å². The highest BCUT2D eigenvalue weighted by molar-refractivity contribution is 7.92. The fourth-order valence-corrected chi connectivity index (χ4v) is 6.94. The number of aromatic amines is 1. The van der Waals surface area contributed by atoms with Crippen molar-refractivity contribution < 1.29 is 27.9 Å². The lowest BCUT2D eigenvalue weighted by Gasteiger charge is -2.18. The van der Waals surface area contributed by atoms with Crippen molar-refractivity contribution in [3.8, 4) is 0 Å². The summed E-state index contributed by atoms with van der Waals surface area (Å²) in [4.78, 5) is 41.1. The molecule has 0 bridgehead atoms. The van der Waals surface area contributed by atoms with Gasteiger partial charge in [-0.2, -0.15) is 0 Å². The fourth-order valence-electron chi connectivity index (χ4n) is 5.08. The van der Waals surface area contributed by atoms with Gasteiger partial charge in [0, 0.05) is 35.4 Å². The molecule has 4 aromatic rings. The lowest BCUT2D eigenvalue weighted by Crippen LogP contribution is -2.21. The third-order valence-electron chi connectivity index (χ3n) is 7.63. The minimum absolute atomic E-state index is 0.0456. The van der Waals surface area contributed by atoms with Crippen LogP contribution in [0.15, 0.2) is 82.6 Å². The maximum Gasteiger partial charge on any atom is 0.411 e. The summed E-state index contributed by atoms with van der Waals surface area (Å²) in [5.41, 5.74) is 2.43. The zero-order chi connectivity index (χ0) is 32.3. The number of rotatable bonds is 12. The van der Waals surface area contributed by atoms with Gasteiger partial charge in [0.2, 0.25) is 0 Å². The van der Waals surface area contributed by atoms with Gasteiger partial charge in [0.15, 0.2) is 23.9 Å². The fraction of sp³-hybridized carbons (Fsp3) is 0.281. The molecule has 45 heavy (non-hydrogen) atoms.